The SMILES string of the molecule is COc1ccc(NC(=O)C2(C)CCC(N3Cc4c(C)ccc(OC)c4NC3=O)CC2)cc1Cl. The molecule has 3 amide bonds. The lowest BCUT2D eigenvalue weighted by Crippen LogP contribution is -2.49. The normalized spacial score (nSPS) is 22.3. The first-order chi connectivity index (χ1) is 15.8. The van der Waals surface area contributed by atoms with Crippen LogP contribution in [0.15, 0.2) is 30.3 Å². The van der Waals surface area contributed by atoms with E-state index >= 15 is 0 Å². The van der Waals surface area contributed by atoms with Gasteiger partial charge in [-0.1, -0.05) is 24.6 Å². The van der Waals surface area contributed by atoms with E-state index in [2.05, 4.69) is 10.6 Å². The summed E-state index contributed by atoms with van der Waals surface area (Å²) in [7, 11) is 3.16. The molecule has 0 bridgehead atoms. The van der Waals surface area contributed by atoms with Gasteiger partial charge in [-0.3, -0.25) is 4.79 Å². The Hall–Kier alpha value is -2.93. The van der Waals surface area contributed by atoms with Gasteiger partial charge in [-0.05, 0) is 62.4 Å². The second kappa shape index (κ2) is 9.14. The standard InChI is InChI=1S/C25H30ClN3O4/c1-15-5-7-21(33-4)22-18(15)14-29(24(31)28-22)17-9-11-25(2,12-10-17)23(30)27-16-6-8-20(32-3)19(26)13-16/h5-8,13,17H,9-12,14H2,1-4H3,(H,27,30)(H,28,31). The highest BCUT2D eigenvalue weighted by molar-refractivity contribution is 6.32. The van der Waals surface area contributed by atoms with Crippen molar-refractivity contribution in [1.82, 2.24) is 4.90 Å². The van der Waals surface area contributed by atoms with Crippen molar-refractivity contribution in [1.29, 1.82) is 0 Å². The van der Waals surface area contributed by atoms with E-state index in [1.165, 1.54) is 0 Å². The summed E-state index contributed by atoms with van der Waals surface area (Å²) in [6.07, 6.45) is 2.92. The number of aryl methyl sites for hydroxylation is 1. The van der Waals surface area contributed by atoms with Gasteiger partial charge in [0.2, 0.25) is 5.91 Å². The van der Waals surface area contributed by atoms with Gasteiger partial charge in [0.15, 0.2) is 0 Å². The molecule has 2 aromatic rings. The minimum Gasteiger partial charge on any atom is -0.495 e. The van der Waals surface area contributed by atoms with Crippen LogP contribution >= 0.6 is 11.6 Å². The van der Waals surface area contributed by atoms with Crippen molar-refractivity contribution in [3.05, 3.63) is 46.5 Å². The Morgan fingerprint density at radius 3 is 2.45 bits per heavy atom. The predicted molar refractivity (Wildman–Crippen MR) is 129 cm³/mol. The van der Waals surface area contributed by atoms with E-state index in [0.29, 0.717) is 41.6 Å². The van der Waals surface area contributed by atoms with Gasteiger partial charge in [-0.25, -0.2) is 4.79 Å². The van der Waals surface area contributed by atoms with Gasteiger partial charge in [-0.15, -0.1) is 0 Å². The Morgan fingerprint density at radius 1 is 1.15 bits per heavy atom. The van der Waals surface area contributed by atoms with E-state index < -0.39 is 5.41 Å². The van der Waals surface area contributed by atoms with Gasteiger partial charge in [0.05, 0.1) is 31.5 Å². The molecule has 2 aromatic carbocycles. The van der Waals surface area contributed by atoms with Gasteiger partial charge in [0, 0.05) is 22.7 Å². The summed E-state index contributed by atoms with van der Waals surface area (Å²) >= 11 is 6.19. The molecule has 176 valence electrons. The molecule has 0 saturated heterocycles. The van der Waals surface area contributed by atoms with Crippen molar-refractivity contribution in [3.63, 3.8) is 0 Å². The summed E-state index contributed by atoms with van der Waals surface area (Å²) in [4.78, 5) is 27.9. The summed E-state index contributed by atoms with van der Waals surface area (Å²) in [6, 6.07) is 9.08. The summed E-state index contributed by atoms with van der Waals surface area (Å²) in [6.45, 7) is 4.58. The lowest BCUT2D eigenvalue weighted by Gasteiger charge is -2.42. The number of nitrogens with zero attached hydrogens (tertiary/aromatic N) is 1. The number of ether oxygens (including phenoxy) is 2. The van der Waals surface area contributed by atoms with Crippen molar-refractivity contribution in [2.75, 3.05) is 24.9 Å². The first-order valence-corrected chi connectivity index (χ1v) is 11.5. The average Bonchev–Trinajstić information content (AvgIpc) is 2.80. The number of hydrogen-bond donors (Lipinski definition) is 2. The number of urea groups is 1. The maximum absolute atomic E-state index is 13.1. The van der Waals surface area contributed by atoms with Crippen LogP contribution in [0.1, 0.15) is 43.7 Å². The lowest BCUT2D eigenvalue weighted by molar-refractivity contribution is -0.126. The number of nitrogens with one attached hydrogen (secondary N) is 2. The van der Waals surface area contributed by atoms with Crippen molar-refractivity contribution >= 4 is 34.9 Å². The number of fused-ring (bicyclic) bond motifs is 1. The minimum absolute atomic E-state index is 0.0313. The van der Waals surface area contributed by atoms with Gasteiger partial charge in [0.1, 0.15) is 11.5 Å². The van der Waals surface area contributed by atoms with Crippen LogP contribution in [0.4, 0.5) is 16.2 Å². The van der Waals surface area contributed by atoms with E-state index in [0.717, 1.165) is 29.7 Å². The summed E-state index contributed by atoms with van der Waals surface area (Å²) in [5, 5.41) is 6.46. The van der Waals surface area contributed by atoms with E-state index in [1.54, 1.807) is 32.4 Å². The maximum Gasteiger partial charge on any atom is 0.322 e. The van der Waals surface area contributed by atoms with Crippen LogP contribution in [0.5, 0.6) is 11.5 Å². The summed E-state index contributed by atoms with van der Waals surface area (Å²) < 4.78 is 10.6. The molecular formula is C25H30ClN3O4. The fourth-order valence-electron chi connectivity index (χ4n) is 4.76. The fraction of sp³-hybridized carbons (Fsp3) is 0.440. The van der Waals surface area contributed by atoms with E-state index in [9.17, 15) is 9.59 Å². The van der Waals surface area contributed by atoms with Crippen molar-refractivity contribution in [3.8, 4) is 11.5 Å². The fourth-order valence-corrected chi connectivity index (χ4v) is 5.02. The summed E-state index contributed by atoms with van der Waals surface area (Å²) in [5.74, 6) is 1.21. The molecule has 7 nitrogen and oxygen atoms in total. The molecule has 0 radical (unpaired) electrons. The molecule has 1 heterocycles. The zero-order valence-corrected chi connectivity index (χ0v) is 20.2. The van der Waals surface area contributed by atoms with Crippen LogP contribution in [0.25, 0.3) is 0 Å². The van der Waals surface area contributed by atoms with E-state index in [1.807, 2.05) is 30.9 Å². The van der Waals surface area contributed by atoms with Gasteiger partial charge in [-0.2, -0.15) is 0 Å². The van der Waals surface area contributed by atoms with Crippen LogP contribution in [-0.2, 0) is 11.3 Å². The Bertz CT molecular complexity index is 1080. The molecule has 33 heavy (non-hydrogen) atoms. The molecule has 2 N–H and O–H groups in total. The zero-order chi connectivity index (χ0) is 23.8. The van der Waals surface area contributed by atoms with Gasteiger partial charge < -0.3 is 25.0 Å². The minimum atomic E-state index is -0.508. The molecule has 4 rings (SSSR count). The number of methoxy groups -OCH3 is 2. The Kier molecular flexibility index (Phi) is 6.43. The molecule has 0 unspecified atom stereocenters. The van der Waals surface area contributed by atoms with E-state index in [-0.39, 0.29) is 18.0 Å². The molecule has 1 aliphatic carbocycles. The monoisotopic (exact) mass is 471 g/mol. The van der Waals surface area contributed by atoms with Crippen LogP contribution in [0.2, 0.25) is 5.02 Å². The molecule has 1 fully saturated rings. The second-order valence-electron chi connectivity index (χ2n) is 9.09. The number of carbonyl (C=O) groups is 2. The topological polar surface area (TPSA) is 79.9 Å². The summed E-state index contributed by atoms with van der Waals surface area (Å²) in [5.41, 5.74) is 3.10. The molecular weight excluding hydrogens is 442 g/mol. The Labute approximate surface area is 199 Å². The first kappa shape index (κ1) is 23.2. The number of halogens is 1. The lowest BCUT2D eigenvalue weighted by atomic mass is 9.72. The van der Waals surface area contributed by atoms with Gasteiger partial charge >= 0.3 is 6.03 Å². The third-order valence-corrected chi connectivity index (χ3v) is 7.30. The molecule has 0 atom stereocenters. The molecule has 2 aliphatic rings. The quantitative estimate of drug-likeness (QED) is 0.594. The Morgan fingerprint density at radius 2 is 1.82 bits per heavy atom. The maximum atomic E-state index is 13.1. The number of carbonyl (C=O) groups excluding carboxylic acids is 2. The van der Waals surface area contributed by atoms with E-state index in [4.69, 9.17) is 21.1 Å². The van der Waals surface area contributed by atoms with Crippen LogP contribution < -0.4 is 20.1 Å². The predicted octanol–water partition coefficient (Wildman–Crippen LogP) is 5.60. The second-order valence-corrected chi connectivity index (χ2v) is 9.50. The molecule has 8 heteroatoms. The van der Waals surface area contributed by atoms with Crippen molar-refractivity contribution < 1.29 is 19.1 Å². The number of rotatable bonds is 5. The average molecular weight is 472 g/mol. The third kappa shape index (κ3) is 4.47. The first-order valence-electron chi connectivity index (χ1n) is 11.1. The highest BCUT2D eigenvalue weighted by Crippen LogP contribution is 2.42. The molecule has 1 aliphatic heterocycles. The number of anilines is 2. The van der Waals surface area contributed by atoms with Crippen LogP contribution in [0.3, 0.4) is 0 Å². The van der Waals surface area contributed by atoms with Crippen LogP contribution in [0, 0.1) is 12.3 Å². The van der Waals surface area contributed by atoms with Crippen LogP contribution in [-0.4, -0.2) is 37.1 Å². The molecule has 0 spiro atoms. The molecule has 1 saturated carbocycles. The van der Waals surface area contributed by atoms with Crippen molar-refractivity contribution in [2.24, 2.45) is 5.41 Å². The largest absolute Gasteiger partial charge is 0.495 e. The number of amides is 3. The number of hydrogen-bond acceptors (Lipinski definition) is 4. The zero-order valence-electron chi connectivity index (χ0n) is 19.5. The smallest absolute Gasteiger partial charge is 0.322 e. The highest BCUT2D eigenvalue weighted by atomic mass is 35.5. The third-order valence-electron chi connectivity index (χ3n) is 7.01. The molecule has 0 aromatic heterocycles. The Balaban J connectivity index is 1.42. The highest BCUT2D eigenvalue weighted by Gasteiger charge is 2.41. The van der Waals surface area contributed by atoms with Crippen molar-refractivity contribution in [2.45, 2.75) is 52.1 Å². The number of benzene rings is 2. The van der Waals surface area contributed by atoms with Gasteiger partial charge in [0.25, 0.3) is 0 Å².